The monoisotopic (exact) mass is 281 g/mol. The molecule has 4 aliphatic rings. The molecule has 1 fully saturated rings. The molecule has 3 N–H and O–H groups in total. The number of anilines is 2. The molecule has 108 valence electrons. The highest BCUT2D eigenvalue weighted by molar-refractivity contribution is 6.09. The molecule has 0 aromatic heterocycles. The summed E-state index contributed by atoms with van der Waals surface area (Å²) in [7, 11) is 0. The van der Waals surface area contributed by atoms with E-state index in [1.54, 1.807) is 0 Å². The molecule has 1 aromatic rings. The molecule has 1 aromatic carbocycles. The Balaban J connectivity index is 1.85. The molecule has 21 heavy (non-hydrogen) atoms. The van der Waals surface area contributed by atoms with Gasteiger partial charge in [-0.1, -0.05) is 13.0 Å². The number of rotatable bonds is 0. The van der Waals surface area contributed by atoms with Crippen LogP contribution >= 0.6 is 0 Å². The van der Waals surface area contributed by atoms with Gasteiger partial charge in [0.1, 0.15) is 0 Å². The van der Waals surface area contributed by atoms with Gasteiger partial charge >= 0.3 is 0 Å². The van der Waals surface area contributed by atoms with E-state index >= 15 is 0 Å². The van der Waals surface area contributed by atoms with E-state index < -0.39 is 0 Å². The molecule has 2 bridgehead atoms. The maximum absolute atomic E-state index is 12.6. The van der Waals surface area contributed by atoms with Gasteiger partial charge in [0.05, 0.1) is 11.4 Å². The predicted molar refractivity (Wildman–Crippen MR) is 82.6 cm³/mol. The normalized spacial score (nSPS) is 35.2. The minimum atomic E-state index is 0.199. The van der Waals surface area contributed by atoms with Gasteiger partial charge in [0, 0.05) is 11.3 Å². The van der Waals surface area contributed by atoms with Crippen LogP contribution < -0.4 is 16.4 Å². The van der Waals surface area contributed by atoms with Crippen LogP contribution in [0, 0.1) is 11.3 Å². The highest BCUT2D eigenvalue weighted by atomic mass is 16.1. The molecule has 1 aliphatic heterocycles. The Kier molecular flexibility index (Phi) is 1.97. The molecule has 3 atom stereocenters. The van der Waals surface area contributed by atoms with Gasteiger partial charge in [-0.2, -0.15) is 0 Å². The molecule has 3 unspecified atom stereocenters. The third-order valence-corrected chi connectivity index (χ3v) is 6.32. The minimum Gasteiger partial charge on any atom is -0.302 e. The van der Waals surface area contributed by atoms with Crippen molar-refractivity contribution in [2.45, 2.75) is 39.0 Å². The lowest BCUT2D eigenvalue weighted by Gasteiger charge is -2.35. The van der Waals surface area contributed by atoms with E-state index in [9.17, 15) is 4.79 Å². The van der Waals surface area contributed by atoms with Crippen LogP contribution in [0.4, 0.5) is 11.4 Å². The second kappa shape index (κ2) is 3.50. The molecule has 0 amide bonds. The fourth-order valence-electron chi connectivity index (χ4n) is 5.37. The summed E-state index contributed by atoms with van der Waals surface area (Å²) >= 11 is 0. The summed E-state index contributed by atoms with van der Waals surface area (Å²) in [5.74, 6) is 1.13. The number of ketones is 1. The Labute approximate surface area is 123 Å². The number of carbonyl (C=O) groups is 1. The molecule has 4 heteroatoms. The first-order valence-electron chi connectivity index (χ1n) is 7.83. The number of hydrogen-bond acceptors (Lipinski definition) is 4. The van der Waals surface area contributed by atoms with Crippen LogP contribution in [-0.4, -0.2) is 5.78 Å². The van der Waals surface area contributed by atoms with Crippen molar-refractivity contribution in [3.05, 3.63) is 28.8 Å². The molecular weight excluding hydrogens is 262 g/mol. The highest BCUT2D eigenvalue weighted by Crippen LogP contribution is 2.68. The molecular formula is C17H19N3O. The van der Waals surface area contributed by atoms with Crippen LogP contribution in [0.2, 0.25) is 0 Å². The average Bonchev–Trinajstić information content (AvgIpc) is 3.15. The lowest BCUT2D eigenvalue weighted by molar-refractivity contribution is -0.119. The fourth-order valence-corrected chi connectivity index (χ4v) is 5.37. The van der Waals surface area contributed by atoms with E-state index in [-0.39, 0.29) is 11.3 Å². The lowest BCUT2D eigenvalue weighted by atomic mass is 9.67. The maximum Gasteiger partial charge on any atom is 0.161 e. The van der Waals surface area contributed by atoms with Crippen LogP contribution in [0.3, 0.4) is 0 Å². The van der Waals surface area contributed by atoms with Gasteiger partial charge in [-0.3, -0.25) is 4.79 Å². The smallest absolute Gasteiger partial charge is 0.161 e. The van der Waals surface area contributed by atoms with E-state index in [0.717, 1.165) is 30.5 Å². The summed E-state index contributed by atoms with van der Waals surface area (Å²) in [6.45, 7) is 4.39. The molecule has 0 radical (unpaired) electrons. The molecule has 1 saturated carbocycles. The zero-order valence-corrected chi connectivity index (χ0v) is 12.3. The van der Waals surface area contributed by atoms with Crippen LogP contribution in [0.25, 0.3) is 5.57 Å². The van der Waals surface area contributed by atoms with Crippen molar-refractivity contribution in [3.8, 4) is 0 Å². The van der Waals surface area contributed by atoms with Crippen molar-refractivity contribution < 1.29 is 4.79 Å². The van der Waals surface area contributed by atoms with E-state index in [2.05, 4.69) is 35.4 Å². The Morgan fingerprint density at radius 3 is 3.00 bits per heavy atom. The number of hydrazine groups is 2. The van der Waals surface area contributed by atoms with Crippen LogP contribution in [-0.2, 0) is 4.79 Å². The van der Waals surface area contributed by atoms with Gasteiger partial charge in [-0.15, -0.1) is 5.53 Å². The second-order valence-electron chi connectivity index (χ2n) is 7.01. The Morgan fingerprint density at radius 2 is 2.14 bits per heavy atom. The van der Waals surface area contributed by atoms with Gasteiger partial charge in [-0.25, -0.2) is 0 Å². The average molecular weight is 281 g/mol. The first kappa shape index (κ1) is 11.8. The van der Waals surface area contributed by atoms with Crippen LogP contribution in [0.5, 0.6) is 0 Å². The maximum atomic E-state index is 12.6. The zero-order chi connectivity index (χ0) is 14.4. The zero-order valence-electron chi connectivity index (χ0n) is 12.3. The van der Waals surface area contributed by atoms with Gasteiger partial charge < -0.3 is 10.9 Å². The SMILES string of the molecule is CC1=C2c3ccc4c(c3C(C)C23CCC(C3)C1=O)NNN4. The van der Waals surface area contributed by atoms with E-state index in [4.69, 9.17) is 0 Å². The second-order valence-corrected chi connectivity index (χ2v) is 7.01. The highest BCUT2D eigenvalue weighted by Gasteiger charge is 2.57. The largest absolute Gasteiger partial charge is 0.302 e. The fraction of sp³-hybridized carbons (Fsp3) is 0.471. The van der Waals surface area contributed by atoms with Crippen molar-refractivity contribution in [2.75, 3.05) is 10.9 Å². The Morgan fingerprint density at radius 1 is 1.29 bits per heavy atom. The summed E-state index contributed by atoms with van der Waals surface area (Å²) in [4.78, 5) is 12.6. The molecule has 0 saturated heterocycles. The van der Waals surface area contributed by atoms with E-state index in [1.165, 1.54) is 22.4 Å². The number of allylic oxidation sites excluding steroid dienone is 2. The quantitative estimate of drug-likeness (QED) is 0.683. The van der Waals surface area contributed by atoms with E-state index in [0.29, 0.717) is 11.7 Å². The topological polar surface area (TPSA) is 53.2 Å². The van der Waals surface area contributed by atoms with Crippen molar-refractivity contribution >= 4 is 22.7 Å². The van der Waals surface area contributed by atoms with Crippen LogP contribution in [0.15, 0.2) is 17.7 Å². The number of carbonyl (C=O) groups excluding carboxylic acids is 1. The standard InChI is InChI=1S/C17H19N3O/c1-8-14-11-3-4-12-15(19-20-18-12)13(11)9(2)17(14)6-5-10(7-17)16(8)21/h3-4,9-10,18-20H,5-7H2,1-2H3. The van der Waals surface area contributed by atoms with Crippen molar-refractivity contribution in [3.63, 3.8) is 0 Å². The number of Topliss-reactive ketones (excluding diaryl/α,β-unsaturated/α-hetero) is 1. The molecule has 3 aliphatic carbocycles. The Hall–Kier alpha value is -1.81. The third-order valence-electron chi connectivity index (χ3n) is 6.32. The van der Waals surface area contributed by atoms with Crippen LogP contribution in [0.1, 0.15) is 50.2 Å². The molecule has 1 heterocycles. The Bertz CT molecular complexity index is 736. The first-order valence-corrected chi connectivity index (χ1v) is 7.83. The number of hydrogen-bond donors (Lipinski definition) is 3. The summed E-state index contributed by atoms with van der Waals surface area (Å²) in [5, 5.41) is 0. The van der Waals surface area contributed by atoms with E-state index in [1.807, 2.05) is 6.92 Å². The summed E-state index contributed by atoms with van der Waals surface area (Å²) in [5.41, 5.74) is 16.9. The van der Waals surface area contributed by atoms with Crippen molar-refractivity contribution in [2.24, 2.45) is 11.3 Å². The summed E-state index contributed by atoms with van der Waals surface area (Å²) in [6.07, 6.45) is 3.26. The van der Waals surface area contributed by atoms with Gasteiger partial charge in [0.2, 0.25) is 0 Å². The summed E-state index contributed by atoms with van der Waals surface area (Å²) < 4.78 is 0. The molecule has 4 nitrogen and oxygen atoms in total. The van der Waals surface area contributed by atoms with Crippen molar-refractivity contribution in [1.82, 2.24) is 5.53 Å². The number of nitrogens with one attached hydrogen (secondary N) is 3. The lowest BCUT2D eigenvalue weighted by Crippen LogP contribution is -2.28. The number of benzene rings is 1. The molecule has 5 rings (SSSR count). The third kappa shape index (κ3) is 1.16. The van der Waals surface area contributed by atoms with Gasteiger partial charge in [0.25, 0.3) is 0 Å². The minimum absolute atomic E-state index is 0.199. The number of fused-ring (bicyclic) bond motifs is 5. The first-order chi connectivity index (χ1) is 10.1. The van der Waals surface area contributed by atoms with Gasteiger partial charge in [-0.05, 0) is 60.4 Å². The van der Waals surface area contributed by atoms with Crippen molar-refractivity contribution in [1.29, 1.82) is 0 Å². The molecule has 1 spiro atoms. The summed E-state index contributed by atoms with van der Waals surface area (Å²) in [6, 6.07) is 4.31. The predicted octanol–water partition coefficient (Wildman–Crippen LogP) is 3.20. The van der Waals surface area contributed by atoms with Gasteiger partial charge in [0.15, 0.2) is 5.78 Å².